The molecule has 25 heavy (non-hydrogen) atoms. The number of benzene rings is 1. The van der Waals surface area contributed by atoms with E-state index in [1.807, 2.05) is 0 Å². The molecule has 10 heteroatoms. The number of carbonyl (C=O) groups excluding carboxylic acids is 1. The molecule has 2 saturated heterocycles. The first-order chi connectivity index (χ1) is 11.6. The van der Waals surface area contributed by atoms with Gasteiger partial charge in [-0.05, 0) is 24.3 Å². The zero-order valence-corrected chi connectivity index (χ0v) is 14.3. The summed E-state index contributed by atoms with van der Waals surface area (Å²) in [7, 11) is -3.35. The largest absolute Gasteiger partial charge is 0.416 e. The number of alkyl halides is 3. The van der Waals surface area contributed by atoms with Crippen LogP contribution in [0.4, 0.5) is 18.9 Å². The molecule has 0 aliphatic carbocycles. The minimum Gasteiger partial charge on any atom is -0.360 e. The zero-order valence-electron chi connectivity index (χ0n) is 13.5. The van der Waals surface area contributed by atoms with E-state index in [0.717, 1.165) is 18.4 Å². The van der Waals surface area contributed by atoms with E-state index in [-0.39, 0.29) is 31.6 Å². The van der Waals surface area contributed by atoms with Crippen molar-refractivity contribution in [2.45, 2.75) is 12.2 Å². The smallest absolute Gasteiger partial charge is 0.360 e. The highest BCUT2D eigenvalue weighted by atomic mass is 32.2. The van der Waals surface area contributed by atoms with Crippen LogP contribution >= 0.6 is 0 Å². The fourth-order valence-corrected chi connectivity index (χ4v) is 4.10. The fourth-order valence-electron chi connectivity index (χ4n) is 3.24. The molecule has 1 unspecified atom stereocenters. The number of rotatable bonds is 2. The van der Waals surface area contributed by atoms with Crippen molar-refractivity contribution < 1.29 is 26.4 Å². The average molecular weight is 377 g/mol. The van der Waals surface area contributed by atoms with Gasteiger partial charge in [0.2, 0.25) is 15.9 Å². The summed E-state index contributed by atoms with van der Waals surface area (Å²) in [6.07, 6.45) is -3.28. The molecule has 1 aromatic carbocycles. The standard InChI is InChI=1S/C15H18F3N3O3S/c1-25(23,24)20-6-7-21-13(9-20)8-19(10-14(21)22)12-4-2-11(3-5-12)15(16,17)18/h2-5,13H,6-10H2,1H3. The molecule has 2 aliphatic heterocycles. The van der Waals surface area contributed by atoms with E-state index in [1.165, 1.54) is 16.4 Å². The van der Waals surface area contributed by atoms with Crippen molar-refractivity contribution in [1.29, 1.82) is 0 Å². The number of fused-ring (bicyclic) bond motifs is 1. The zero-order chi connectivity index (χ0) is 18.4. The quantitative estimate of drug-likeness (QED) is 0.772. The molecular formula is C15H18F3N3O3S. The van der Waals surface area contributed by atoms with Crippen LogP contribution < -0.4 is 4.90 Å². The molecule has 0 bridgehead atoms. The number of anilines is 1. The van der Waals surface area contributed by atoms with Crippen LogP contribution in [0, 0.1) is 0 Å². The summed E-state index contributed by atoms with van der Waals surface area (Å²) in [5.41, 5.74) is -0.236. The second kappa shape index (κ2) is 6.17. The van der Waals surface area contributed by atoms with E-state index < -0.39 is 21.8 Å². The van der Waals surface area contributed by atoms with Crippen LogP contribution in [0.1, 0.15) is 5.56 Å². The third kappa shape index (κ3) is 3.74. The van der Waals surface area contributed by atoms with Crippen molar-refractivity contribution in [3.63, 3.8) is 0 Å². The number of halogens is 3. The number of hydrogen-bond acceptors (Lipinski definition) is 4. The fraction of sp³-hybridized carbons (Fsp3) is 0.533. The molecule has 0 spiro atoms. The number of hydrogen-bond donors (Lipinski definition) is 0. The maximum absolute atomic E-state index is 12.7. The number of piperazine rings is 2. The lowest BCUT2D eigenvalue weighted by atomic mass is 10.1. The maximum atomic E-state index is 12.7. The highest BCUT2D eigenvalue weighted by Crippen LogP contribution is 2.31. The highest BCUT2D eigenvalue weighted by Gasteiger charge is 2.39. The van der Waals surface area contributed by atoms with Gasteiger partial charge in [-0.25, -0.2) is 8.42 Å². The number of amides is 1. The molecule has 1 aromatic rings. The Bertz CT molecular complexity index is 764. The van der Waals surface area contributed by atoms with Gasteiger partial charge in [-0.1, -0.05) is 0 Å². The van der Waals surface area contributed by atoms with Crippen molar-refractivity contribution in [3.05, 3.63) is 29.8 Å². The number of nitrogens with zero attached hydrogens (tertiary/aromatic N) is 3. The van der Waals surface area contributed by atoms with Crippen LogP contribution in [-0.4, -0.2) is 68.6 Å². The van der Waals surface area contributed by atoms with Crippen molar-refractivity contribution in [1.82, 2.24) is 9.21 Å². The summed E-state index contributed by atoms with van der Waals surface area (Å²) in [5.74, 6) is -0.149. The minimum absolute atomic E-state index is 0.0702. The molecule has 0 N–H and O–H groups in total. The van der Waals surface area contributed by atoms with Crippen LogP contribution in [0.2, 0.25) is 0 Å². The van der Waals surface area contributed by atoms with Gasteiger partial charge in [-0.3, -0.25) is 4.79 Å². The van der Waals surface area contributed by atoms with E-state index in [1.54, 1.807) is 9.80 Å². The average Bonchev–Trinajstić information content (AvgIpc) is 2.52. The molecule has 2 heterocycles. The molecule has 138 valence electrons. The first-order valence-corrected chi connectivity index (χ1v) is 9.57. The Hall–Kier alpha value is -1.81. The molecule has 0 aromatic heterocycles. The molecule has 1 atom stereocenters. The number of sulfonamides is 1. The maximum Gasteiger partial charge on any atom is 0.416 e. The van der Waals surface area contributed by atoms with Crippen molar-refractivity contribution in [2.75, 3.05) is 43.9 Å². The third-order valence-corrected chi connectivity index (χ3v) is 5.82. The summed E-state index contributed by atoms with van der Waals surface area (Å²) in [6.45, 7) is 1.24. The molecule has 0 saturated carbocycles. The monoisotopic (exact) mass is 377 g/mol. The lowest BCUT2D eigenvalue weighted by molar-refractivity contribution is -0.138. The van der Waals surface area contributed by atoms with Gasteiger partial charge >= 0.3 is 6.18 Å². The topological polar surface area (TPSA) is 60.9 Å². The Balaban J connectivity index is 1.78. The van der Waals surface area contributed by atoms with Crippen LogP contribution in [0.15, 0.2) is 24.3 Å². The van der Waals surface area contributed by atoms with Gasteiger partial charge in [0.1, 0.15) is 0 Å². The minimum atomic E-state index is -4.41. The summed E-state index contributed by atoms with van der Waals surface area (Å²) in [4.78, 5) is 15.7. The van der Waals surface area contributed by atoms with Gasteiger partial charge in [0.15, 0.2) is 0 Å². The number of carbonyl (C=O) groups is 1. The van der Waals surface area contributed by atoms with Crippen LogP contribution in [0.3, 0.4) is 0 Å². The second-order valence-corrected chi connectivity index (χ2v) is 8.27. The van der Waals surface area contributed by atoms with Crippen LogP contribution in [0.5, 0.6) is 0 Å². The Morgan fingerprint density at radius 1 is 1.08 bits per heavy atom. The predicted octanol–water partition coefficient (Wildman–Crippen LogP) is 0.998. The van der Waals surface area contributed by atoms with Crippen molar-refractivity contribution in [3.8, 4) is 0 Å². The summed E-state index contributed by atoms with van der Waals surface area (Å²) >= 11 is 0. The van der Waals surface area contributed by atoms with Gasteiger partial charge < -0.3 is 9.80 Å². The SMILES string of the molecule is CS(=O)(=O)N1CCN2C(=O)CN(c3ccc(C(F)(F)F)cc3)CC2C1. The molecule has 2 fully saturated rings. The van der Waals surface area contributed by atoms with E-state index in [4.69, 9.17) is 0 Å². The molecule has 0 radical (unpaired) electrons. The van der Waals surface area contributed by atoms with Crippen LogP contribution in [-0.2, 0) is 21.0 Å². The van der Waals surface area contributed by atoms with Gasteiger partial charge in [-0.15, -0.1) is 0 Å². The van der Waals surface area contributed by atoms with Crippen molar-refractivity contribution >= 4 is 21.6 Å². The molecular weight excluding hydrogens is 359 g/mol. The van der Waals surface area contributed by atoms with Crippen LogP contribution in [0.25, 0.3) is 0 Å². The van der Waals surface area contributed by atoms with Gasteiger partial charge in [0.05, 0.1) is 24.4 Å². The molecule has 2 aliphatic rings. The second-order valence-electron chi connectivity index (χ2n) is 6.29. The Kier molecular flexibility index (Phi) is 4.44. The van der Waals surface area contributed by atoms with Gasteiger partial charge in [-0.2, -0.15) is 17.5 Å². The van der Waals surface area contributed by atoms with E-state index in [9.17, 15) is 26.4 Å². The van der Waals surface area contributed by atoms with Gasteiger partial charge in [0.25, 0.3) is 0 Å². The van der Waals surface area contributed by atoms with Gasteiger partial charge in [0, 0.05) is 31.9 Å². The van der Waals surface area contributed by atoms with E-state index in [0.29, 0.717) is 18.8 Å². The Morgan fingerprint density at radius 2 is 1.72 bits per heavy atom. The third-order valence-electron chi connectivity index (χ3n) is 4.55. The highest BCUT2D eigenvalue weighted by molar-refractivity contribution is 7.88. The van der Waals surface area contributed by atoms with Crippen molar-refractivity contribution in [2.24, 2.45) is 0 Å². The lowest BCUT2D eigenvalue weighted by Crippen LogP contribution is -2.64. The first kappa shape index (κ1) is 18.0. The molecule has 6 nitrogen and oxygen atoms in total. The van der Waals surface area contributed by atoms with E-state index in [2.05, 4.69) is 0 Å². The summed E-state index contributed by atoms with van der Waals surface area (Å²) < 4.78 is 62.8. The van der Waals surface area contributed by atoms with E-state index >= 15 is 0 Å². The normalized spacial score (nSPS) is 22.9. The lowest BCUT2D eigenvalue weighted by Gasteiger charge is -2.46. The summed E-state index contributed by atoms with van der Waals surface area (Å²) in [5, 5.41) is 0. The first-order valence-electron chi connectivity index (χ1n) is 7.72. The Labute approximate surface area is 143 Å². The predicted molar refractivity (Wildman–Crippen MR) is 85.6 cm³/mol. The Morgan fingerprint density at radius 3 is 2.28 bits per heavy atom. The summed E-state index contributed by atoms with van der Waals surface area (Å²) in [6, 6.07) is 4.32. The molecule has 3 rings (SSSR count). The molecule has 1 amide bonds.